The Hall–Kier alpha value is -5.63. The number of fused-ring (bicyclic) bond motifs is 1. The predicted molar refractivity (Wildman–Crippen MR) is 169 cm³/mol. The van der Waals surface area contributed by atoms with Crippen LogP contribution in [0.2, 0.25) is 0 Å². The third-order valence-corrected chi connectivity index (χ3v) is 7.83. The minimum Gasteiger partial charge on any atom is -0.491 e. The number of nitrogens with zero attached hydrogens (tertiary/aromatic N) is 4. The van der Waals surface area contributed by atoms with E-state index in [1.807, 2.05) is 32.0 Å². The van der Waals surface area contributed by atoms with Crippen LogP contribution in [-0.2, 0) is 9.53 Å². The molecule has 0 saturated heterocycles. The first-order valence-electron chi connectivity index (χ1n) is 14.1. The molecule has 3 aromatic carbocycles. The molecule has 5 rings (SSSR count). The molecule has 0 fully saturated rings. The Morgan fingerprint density at radius 2 is 1.76 bits per heavy atom. The number of nitro groups is 2. The van der Waals surface area contributed by atoms with Crippen molar-refractivity contribution in [3.05, 3.63) is 129 Å². The van der Waals surface area contributed by atoms with Crippen LogP contribution in [0.1, 0.15) is 44.9 Å². The number of thiazole rings is 1. The lowest BCUT2D eigenvalue weighted by atomic mass is 9.95. The van der Waals surface area contributed by atoms with Gasteiger partial charge in [0, 0.05) is 11.6 Å². The summed E-state index contributed by atoms with van der Waals surface area (Å²) in [5.74, 6) is 0.0295. The average Bonchev–Trinajstić information content (AvgIpc) is 3.31. The third kappa shape index (κ3) is 6.42. The molecule has 0 radical (unpaired) electrons. The number of allylic oxidation sites excluding steroid dienone is 1. The van der Waals surface area contributed by atoms with E-state index in [0.717, 1.165) is 29.5 Å². The number of nitro benzene ring substituents is 2. The normalized spacial score (nSPS) is 14.5. The van der Waals surface area contributed by atoms with E-state index in [1.165, 1.54) is 4.57 Å². The lowest BCUT2D eigenvalue weighted by Crippen LogP contribution is -2.40. The van der Waals surface area contributed by atoms with Gasteiger partial charge in [-0.15, -0.1) is 0 Å². The summed E-state index contributed by atoms with van der Waals surface area (Å²) in [4.78, 5) is 53.2. The highest BCUT2D eigenvalue weighted by atomic mass is 32.1. The maximum atomic E-state index is 14.0. The summed E-state index contributed by atoms with van der Waals surface area (Å²) in [6, 6.07) is 15.9. The minimum atomic E-state index is -0.847. The van der Waals surface area contributed by atoms with Crippen molar-refractivity contribution in [2.45, 2.75) is 39.8 Å². The van der Waals surface area contributed by atoms with Crippen molar-refractivity contribution in [2.24, 2.45) is 4.99 Å². The van der Waals surface area contributed by atoms with Gasteiger partial charge in [-0.25, -0.2) is 9.79 Å². The number of hydrogen-bond donors (Lipinski definition) is 0. The molecule has 4 aromatic rings. The maximum absolute atomic E-state index is 14.0. The molecule has 2 heterocycles. The van der Waals surface area contributed by atoms with Crippen LogP contribution in [0.15, 0.2) is 87.8 Å². The standard InChI is InChI=1S/C32H28N4O9S/c1-5-43-31(38)28-19(4)33-32-34(29(28)23-8-6-7-9-25(23)44-18(2)3)30(37)27(46-32)16-20-10-13-22(14-11-20)45-26-15-12-21(35(39)40)17-24(26)36(41)42/h6-18,29H,5H2,1-4H3/b27-16+/t29-/m1/s1. The lowest BCUT2D eigenvalue weighted by Gasteiger charge is -2.26. The monoisotopic (exact) mass is 644 g/mol. The first-order valence-corrected chi connectivity index (χ1v) is 15.0. The van der Waals surface area contributed by atoms with Crippen LogP contribution in [0, 0.1) is 20.2 Å². The van der Waals surface area contributed by atoms with Gasteiger partial charge in [0.1, 0.15) is 17.5 Å². The van der Waals surface area contributed by atoms with E-state index in [4.69, 9.17) is 14.2 Å². The molecule has 0 bridgehead atoms. The second-order valence-electron chi connectivity index (χ2n) is 10.3. The van der Waals surface area contributed by atoms with E-state index < -0.39 is 33.2 Å². The van der Waals surface area contributed by atoms with Gasteiger partial charge in [-0.05, 0) is 63.6 Å². The molecule has 1 atom stereocenters. The van der Waals surface area contributed by atoms with Crippen LogP contribution in [0.4, 0.5) is 11.4 Å². The largest absolute Gasteiger partial charge is 0.491 e. The third-order valence-electron chi connectivity index (χ3n) is 6.85. The van der Waals surface area contributed by atoms with Crippen LogP contribution in [0.25, 0.3) is 6.08 Å². The van der Waals surface area contributed by atoms with E-state index >= 15 is 0 Å². The number of non-ortho nitro benzene ring substituents is 1. The summed E-state index contributed by atoms with van der Waals surface area (Å²) in [5.41, 5.74) is 0.551. The zero-order valence-corrected chi connectivity index (χ0v) is 26.0. The van der Waals surface area contributed by atoms with Crippen molar-refractivity contribution in [3.63, 3.8) is 0 Å². The van der Waals surface area contributed by atoms with Gasteiger partial charge in [0.25, 0.3) is 11.2 Å². The summed E-state index contributed by atoms with van der Waals surface area (Å²) in [7, 11) is 0. The summed E-state index contributed by atoms with van der Waals surface area (Å²) < 4.78 is 18.9. The quantitative estimate of drug-likeness (QED) is 0.128. The molecule has 14 heteroatoms. The van der Waals surface area contributed by atoms with Gasteiger partial charge in [0.15, 0.2) is 4.80 Å². The number of carbonyl (C=O) groups excluding carboxylic acids is 1. The Labute approximate surface area is 265 Å². The first-order chi connectivity index (χ1) is 22.0. The number of benzene rings is 3. The van der Waals surface area contributed by atoms with E-state index in [1.54, 1.807) is 50.3 Å². The second kappa shape index (κ2) is 13.2. The van der Waals surface area contributed by atoms with Crippen molar-refractivity contribution in [1.29, 1.82) is 0 Å². The molecular weight excluding hydrogens is 616 g/mol. The van der Waals surface area contributed by atoms with Crippen molar-refractivity contribution >= 4 is 34.8 Å². The predicted octanol–water partition coefficient (Wildman–Crippen LogP) is 5.19. The summed E-state index contributed by atoms with van der Waals surface area (Å²) in [6.07, 6.45) is 1.51. The van der Waals surface area contributed by atoms with E-state index in [9.17, 15) is 29.8 Å². The number of para-hydroxylation sites is 1. The van der Waals surface area contributed by atoms with Crippen LogP contribution < -0.4 is 24.4 Å². The van der Waals surface area contributed by atoms with E-state index in [0.29, 0.717) is 31.9 Å². The van der Waals surface area contributed by atoms with Crippen molar-refractivity contribution in [3.8, 4) is 17.2 Å². The van der Waals surface area contributed by atoms with Crippen LogP contribution >= 0.6 is 11.3 Å². The average molecular weight is 645 g/mol. The minimum absolute atomic E-state index is 0.147. The van der Waals surface area contributed by atoms with Crippen LogP contribution in [-0.4, -0.2) is 33.1 Å². The molecular formula is C32H28N4O9S. The molecule has 46 heavy (non-hydrogen) atoms. The van der Waals surface area contributed by atoms with Gasteiger partial charge in [-0.2, -0.15) is 0 Å². The molecule has 0 aliphatic carbocycles. The van der Waals surface area contributed by atoms with Crippen molar-refractivity contribution in [2.75, 3.05) is 6.61 Å². The Balaban J connectivity index is 1.55. The number of esters is 1. The Bertz CT molecular complexity index is 2060. The van der Waals surface area contributed by atoms with Crippen molar-refractivity contribution < 1.29 is 28.9 Å². The molecule has 236 valence electrons. The van der Waals surface area contributed by atoms with Gasteiger partial charge in [-0.1, -0.05) is 41.7 Å². The molecule has 0 N–H and O–H groups in total. The summed E-state index contributed by atoms with van der Waals surface area (Å²) in [5, 5.41) is 22.5. The molecule has 0 spiro atoms. The molecule has 1 aromatic heterocycles. The maximum Gasteiger partial charge on any atom is 0.338 e. The molecule has 1 aliphatic heterocycles. The Morgan fingerprint density at radius 3 is 2.41 bits per heavy atom. The Morgan fingerprint density at radius 1 is 1.04 bits per heavy atom. The van der Waals surface area contributed by atoms with Gasteiger partial charge < -0.3 is 14.2 Å². The lowest BCUT2D eigenvalue weighted by molar-refractivity contribution is -0.394. The van der Waals surface area contributed by atoms with Gasteiger partial charge in [0.2, 0.25) is 5.75 Å². The highest BCUT2D eigenvalue weighted by molar-refractivity contribution is 7.07. The summed E-state index contributed by atoms with van der Waals surface area (Å²) >= 11 is 1.16. The van der Waals surface area contributed by atoms with Crippen molar-refractivity contribution in [1.82, 2.24) is 4.57 Å². The molecule has 0 saturated carbocycles. The fraction of sp³-hybridized carbons (Fsp3) is 0.219. The second-order valence-corrected chi connectivity index (χ2v) is 11.4. The highest BCUT2D eigenvalue weighted by Crippen LogP contribution is 2.37. The molecule has 0 amide bonds. The number of carbonyl (C=O) groups is 1. The number of hydrogen-bond acceptors (Lipinski definition) is 11. The topological polar surface area (TPSA) is 165 Å². The molecule has 13 nitrogen and oxygen atoms in total. The van der Waals surface area contributed by atoms with Gasteiger partial charge in [-0.3, -0.25) is 29.6 Å². The molecule has 0 unspecified atom stereocenters. The Kier molecular flexibility index (Phi) is 9.09. The number of ether oxygens (including phenoxy) is 3. The highest BCUT2D eigenvalue weighted by Gasteiger charge is 2.35. The SMILES string of the molecule is CCOC(=O)C1=C(C)N=c2s/c(=C/c3ccc(Oc4ccc([N+](=O)[O-])cc4[N+](=O)[O-])cc3)c(=O)n2[C@@H]1c1ccccc1OC(C)C. The summed E-state index contributed by atoms with van der Waals surface area (Å²) in [6.45, 7) is 7.33. The first kappa shape index (κ1) is 31.8. The fourth-order valence-corrected chi connectivity index (χ4v) is 5.96. The van der Waals surface area contributed by atoms with Crippen LogP contribution in [0.3, 0.4) is 0 Å². The number of rotatable bonds is 10. The van der Waals surface area contributed by atoms with E-state index in [-0.39, 0.29) is 35.3 Å². The number of aromatic nitrogens is 1. The smallest absolute Gasteiger partial charge is 0.338 e. The van der Waals surface area contributed by atoms with Gasteiger partial charge >= 0.3 is 11.7 Å². The zero-order chi connectivity index (χ0) is 33.1. The fourth-order valence-electron chi connectivity index (χ4n) is 4.91. The van der Waals surface area contributed by atoms with E-state index in [2.05, 4.69) is 4.99 Å². The van der Waals surface area contributed by atoms with Crippen LogP contribution in [0.5, 0.6) is 17.2 Å². The molecule has 1 aliphatic rings. The van der Waals surface area contributed by atoms with Gasteiger partial charge in [0.05, 0.1) is 44.4 Å². The zero-order valence-electron chi connectivity index (χ0n) is 25.2.